The van der Waals surface area contributed by atoms with Crippen molar-refractivity contribution in [2.45, 2.75) is 0 Å². The van der Waals surface area contributed by atoms with Gasteiger partial charge in [0.25, 0.3) is 0 Å². The lowest BCUT2D eigenvalue weighted by molar-refractivity contribution is 1.34. The van der Waals surface area contributed by atoms with Gasteiger partial charge in [0.1, 0.15) is 5.01 Å². The third kappa shape index (κ3) is 2.49. The van der Waals surface area contributed by atoms with E-state index in [1.54, 1.807) is 11.3 Å². The highest BCUT2D eigenvalue weighted by molar-refractivity contribution is 7.13. The third-order valence-corrected chi connectivity index (χ3v) is 5.32. The van der Waals surface area contributed by atoms with Crippen LogP contribution in [0.1, 0.15) is 0 Å². The summed E-state index contributed by atoms with van der Waals surface area (Å²) < 4.78 is 0. The highest BCUT2D eigenvalue weighted by Crippen LogP contribution is 2.33. The van der Waals surface area contributed by atoms with Crippen molar-refractivity contribution in [3.05, 3.63) is 84.5 Å². The molecule has 2 nitrogen and oxygen atoms in total. The molecule has 0 bridgehead atoms. The Balaban J connectivity index is 1.62. The van der Waals surface area contributed by atoms with Crippen LogP contribution < -0.4 is 0 Å². The lowest BCUT2D eigenvalue weighted by Gasteiger charge is -2.03. The minimum atomic E-state index is 1.01. The molecule has 0 saturated carbocycles. The monoisotopic (exact) mass is 338 g/mol. The fraction of sp³-hybridized carbons (Fsp3) is 0. The first-order valence-corrected chi connectivity index (χ1v) is 9.04. The average molecular weight is 338 g/mol. The summed E-state index contributed by atoms with van der Waals surface area (Å²) >= 11 is 1.67. The van der Waals surface area contributed by atoms with Crippen molar-refractivity contribution in [1.82, 2.24) is 9.97 Å². The van der Waals surface area contributed by atoms with Gasteiger partial charge in [-0.25, -0.2) is 4.98 Å². The highest BCUT2D eigenvalue weighted by Gasteiger charge is 2.10. The van der Waals surface area contributed by atoms with Crippen LogP contribution in [0.3, 0.4) is 0 Å². The SMILES string of the molecule is c1ccc2cc(-c3csc(-c4cncc5ccccc45)n3)ccc2c1. The molecule has 0 aliphatic rings. The molecule has 3 aromatic carbocycles. The molecule has 2 aromatic heterocycles. The van der Waals surface area contributed by atoms with E-state index in [0.717, 1.165) is 27.2 Å². The number of nitrogens with zero attached hydrogens (tertiary/aromatic N) is 2. The van der Waals surface area contributed by atoms with Crippen molar-refractivity contribution in [3.8, 4) is 21.8 Å². The maximum Gasteiger partial charge on any atom is 0.126 e. The third-order valence-electron chi connectivity index (χ3n) is 4.45. The Morgan fingerprint density at radius 2 is 1.52 bits per heavy atom. The van der Waals surface area contributed by atoms with Gasteiger partial charge in [-0.1, -0.05) is 60.7 Å². The van der Waals surface area contributed by atoms with Gasteiger partial charge in [-0.3, -0.25) is 4.98 Å². The molecule has 0 amide bonds. The number of rotatable bonds is 2. The Hall–Kier alpha value is -3.04. The quantitative estimate of drug-likeness (QED) is 0.384. The maximum absolute atomic E-state index is 4.89. The lowest BCUT2D eigenvalue weighted by Crippen LogP contribution is -1.84. The zero-order valence-electron chi connectivity index (χ0n) is 13.4. The molecule has 5 rings (SSSR count). The molecule has 118 valence electrons. The normalized spacial score (nSPS) is 11.2. The molecular weight excluding hydrogens is 324 g/mol. The van der Waals surface area contributed by atoms with E-state index >= 15 is 0 Å². The zero-order chi connectivity index (χ0) is 16.6. The Labute approximate surface area is 149 Å². The molecule has 2 heterocycles. The van der Waals surface area contributed by atoms with Crippen LogP contribution in [-0.2, 0) is 0 Å². The summed E-state index contributed by atoms with van der Waals surface area (Å²) in [6.45, 7) is 0. The maximum atomic E-state index is 4.89. The number of aromatic nitrogens is 2. The van der Waals surface area contributed by atoms with E-state index in [1.807, 2.05) is 18.5 Å². The second kappa shape index (κ2) is 5.80. The summed E-state index contributed by atoms with van der Waals surface area (Å²) in [5.41, 5.74) is 3.25. The van der Waals surface area contributed by atoms with Gasteiger partial charge in [0.05, 0.1) is 5.69 Å². The first kappa shape index (κ1) is 14.3. The summed E-state index contributed by atoms with van der Waals surface area (Å²) in [6.07, 6.45) is 3.81. The summed E-state index contributed by atoms with van der Waals surface area (Å²) in [5.74, 6) is 0. The van der Waals surface area contributed by atoms with Crippen LogP contribution in [0.2, 0.25) is 0 Å². The zero-order valence-corrected chi connectivity index (χ0v) is 14.2. The van der Waals surface area contributed by atoms with Gasteiger partial charge in [-0.2, -0.15) is 0 Å². The summed E-state index contributed by atoms with van der Waals surface area (Å²) in [6, 6.07) is 23.2. The van der Waals surface area contributed by atoms with Crippen molar-refractivity contribution in [2.75, 3.05) is 0 Å². The van der Waals surface area contributed by atoms with Crippen molar-refractivity contribution in [3.63, 3.8) is 0 Å². The van der Waals surface area contributed by atoms with Crippen molar-refractivity contribution >= 4 is 32.9 Å². The van der Waals surface area contributed by atoms with Gasteiger partial charge < -0.3 is 0 Å². The van der Waals surface area contributed by atoms with E-state index in [4.69, 9.17) is 4.98 Å². The molecule has 3 heteroatoms. The predicted molar refractivity (Wildman–Crippen MR) is 106 cm³/mol. The van der Waals surface area contributed by atoms with Crippen LogP contribution in [0.5, 0.6) is 0 Å². The minimum Gasteiger partial charge on any atom is -0.263 e. The van der Waals surface area contributed by atoms with Crippen LogP contribution in [0.15, 0.2) is 84.5 Å². The second-order valence-corrected chi connectivity index (χ2v) is 6.87. The number of hydrogen-bond donors (Lipinski definition) is 0. The number of thiazole rings is 1. The fourth-order valence-corrected chi connectivity index (χ4v) is 4.02. The van der Waals surface area contributed by atoms with Crippen LogP contribution >= 0.6 is 11.3 Å². The van der Waals surface area contributed by atoms with Crippen LogP contribution in [0.4, 0.5) is 0 Å². The van der Waals surface area contributed by atoms with E-state index in [0.29, 0.717) is 0 Å². The first-order valence-electron chi connectivity index (χ1n) is 8.16. The second-order valence-electron chi connectivity index (χ2n) is 6.01. The van der Waals surface area contributed by atoms with E-state index in [-0.39, 0.29) is 0 Å². The van der Waals surface area contributed by atoms with Crippen molar-refractivity contribution in [2.24, 2.45) is 0 Å². The molecule has 5 aromatic rings. The van der Waals surface area contributed by atoms with Gasteiger partial charge >= 0.3 is 0 Å². The smallest absolute Gasteiger partial charge is 0.126 e. The molecule has 0 radical (unpaired) electrons. The lowest BCUT2D eigenvalue weighted by atomic mass is 10.1. The standard InChI is InChI=1S/C22H14N2S/c1-2-6-16-11-17(10-9-15(16)5-1)21-14-25-22(24-21)20-13-23-12-18-7-3-4-8-19(18)20/h1-14H. The number of fused-ring (bicyclic) bond motifs is 2. The molecule has 0 spiro atoms. The van der Waals surface area contributed by atoms with Gasteiger partial charge in [0.15, 0.2) is 0 Å². The number of pyridine rings is 1. The van der Waals surface area contributed by atoms with Crippen molar-refractivity contribution in [1.29, 1.82) is 0 Å². The van der Waals surface area contributed by atoms with Crippen LogP contribution in [0, 0.1) is 0 Å². The van der Waals surface area contributed by atoms with Gasteiger partial charge in [0, 0.05) is 34.3 Å². The Bertz CT molecular complexity index is 1200. The molecule has 0 saturated heterocycles. The summed E-state index contributed by atoms with van der Waals surface area (Å²) in [7, 11) is 0. The van der Waals surface area contributed by atoms with Gasteiger partial charge in [-0.05, 0) is 22.2 Å². The Morgan fingerprint density at radius 1 is 0.720 bits per heavy atom. The average Bonchev–Trinajstić information content (AvgIpc) is 3.17. The molecule has 0 unspecified atom stereocenters. The molecule has 25 heavy (non-hydrogen) atoms. The highest BCUT2D eigenvalue weighted by atomic mass is 32.1. The number of benzene rings is 3. The molecule has 0 fully saturated rings. The van der Waals surface area contributed by atoms with E-state index in [1.165, 1.54) is 16.2 Å². The summed E-state index contributed by atoms with van der Waals surface area (Å²) in [5, 5.41) is 7.95. The minimum absolute atomic E-state index is 1.01. The summed E-state index contributed by atoms with van der Waals surface area (Å²) in [4.78, 5) is 9.26. The van der Waals surface area contributed by atoms with Crippen molar-refractivity contribution < 1.29 is 0 Å². The molecule has 0 aliphatic carbocycles. The van der Waals surface area contributed by atoms with Crippen LogP contribution in [0.25, 0.3) is 43.4 Å². The van der Waals surface area contributed by atoms with Crippen LogP contribution in [-0.4, -0.2) is 9.97 Å². The van der Waals surface area contributed by atoms with E-state index in [2.05, 4.69) is 71.0 Å². The van der Waals surface area contributed by atoms with Gasteiger partial charge in [-0.15, -0.1) is 11.3 Å². The Kier molecular flexibility index (Phi) is 3.32. The topological polar surface area (TPSA) is 25.8 Å². The number of hydrogen-bond acceptors (Lipinski definition) is 3. The van der Waals surface area contributed by atoms with E-state index < -0.39 is 0 Å². The molecular formula is C22H14N2S. The molecule has 0 atom stereocenters. The van der Waals surface area contributed by atoms with Gasteiger partial charge in [0.2, 0.25) is 0 Å². The fourth-order valence-electron chi connectivity index (χ4n) is 3.17. The largest absolute Gasteiger partial charge is 0.263 e. The Morgan fingerprint density at radius 3 is 2.44 bits per heavy atom. The predicted octanol–water partition coefficient (Wildman–Crippen LogP) is 6.18. The van der Waals surface area contributed by atoms with E-state index in [9.17, 15) is 0 Å². The first-order chi connectivity index (χ1) is 12.4. The molecule has 0 N–H and O–H groups in total. The molecule has 0 aliphatic heterocycles.